The standard InChI is InChI=1S/C24H23N3O3/c25-23(28)17-6-10-21(11-7-17)30-22-12-8-18(9-13-22)24(29)26-19-4-3-5-20(16-19)27-14-1-2-15-27/h3-13,16H,1-2,14-15H2,(H2,25,28)(H,26,29). The first kappa shape index (κ1) is 19.5. The lowest BCUT2D eigenvalue weighted by Crippen LogP contribution is -2.18. The van der Waals surface area contributed by atoms with Crippen molar-refractivity contribution < 1.29 is 14.3 Å². The molecule has 0 unspecified atom stereocenters. The molecule has 1 heterocycles. The van der Waals surface area contributed by atoms with Crippen LogP contribution in [0.1, 0.15) is 33.6 Å². The number of carbonyl (C=O) groups is 2. The third-order valence-corrected chi connectivity index (χ3v) is 5.07. The van der Waals surface area contributed by atoms with Gasteiger partial charge in [-0.15, -0.1) is 0 Å². The molecule has 30 heavy (non-hydrogen) atoms. The fourth-order valence-electron chi connectivity index (χ4n) is 3.46. The lowest BCUT2D eigenvalue weighted by Gasteiger charge is -2.18. The van der Waals surface area contributed by atoms with Crippen molar-refractivity contribution in [1.29, 1.82) is 0 Å². The van der Waals surface area contributed by atoms with Gasteiger partial charge in [-0.05, 0) is 79.6 Å². The van der Waals surface area contributed by atoms with Crippen LogP contribution in [0.25, 0.3) is 0 Å². The molecular formula is C24H23N3O3. The number of ether oxygens (including phenoxy) is 1. The molecule has 2 amide bonds. The summed E-state index contributed by atoms with van der Waals surface area (Å²) in [6, 6.07) is 21.4. The Labute approximate surface area is 175 Å². The first-order valence-electron chi connectivity index (χ1n) is 9.93. The van der Waals surface area contributed by atoms with E-state index in [9.17, 15) is 9.59 Å². The molecule has 6 nitrogen and oxygen atoms in total. The van der Waals surface area contributed by atoms with Crippen LogP contribution >= 0.6 is 0 Å². The lowest BCUT2D eigenvalue weighted by molar-refractivity contribution is 0.0997. The summed E-state index contributed by atoms with van der Waals surface area (Å²) < 4.78 is 5.75. The van der Waals surface area contributed by atoms with E-state index in [4.69, 9.17) is 10.5 Å². The van der Waals surface area contributed by atoms with Gasteiger partial charge < -0.3 is 20.7 Å². The smallest absolute Gasteiger partial charge is 0.255 e. The average Bonchev–Trinajstić information content (AvgIpc) is 3.30. The second kappa shape index (κ2) is 8.69. The van der Waals surface area contributed by atoms with Gasteiger partial charge in [0, 0.05) is 35.6 Å². The van der Waals surface area contributed by atoms with Gasteiger partial charge in [0.05, 0.1) is 0 Å². The largest absolute Gasteiger partial charge is 0.457 e. The van der Waals surface area contributed by atoms with Gasteiger partial charge >= 0.3 is 0 Å². The van der Waals surface area contributed by atoms with Crippen LogP contribution in [-0.2, 0) is 0 Å². The van der Waals surface area contributed by atoms with Gasteiger partial charge in [0.2, 0.25) is 5.91 Å². The summed E-state index contributed by atoms with van der Waals surface area (Å²) in [5.74, 6) is 0.513. The van der Waals surface area contributed by atoms with Crippen LogP contribution in [0.5, 0.6) is 11.5 Å². The van der Waals surface area contributed by atoms with Crippen molar-refractivity contribution in [2.75, 3.05) is 23.3 Å². The molecule has 6 heteroatoms. The van der Waals surface area contributed by atoms with Gasteiger partial charge in [0.25, 0.3) is 5.91 Å². The molecule has 1 aliphatic heterocycles. The van der Waals surface area contributed by atoms with Gasteiger partial charge in [0.15, 0.2) is 0 Å². The maximum atomic E-state index is 12.6. The third kappa shape index (κ3) is 4.60. The highest BCUT2D eigenvalue weighted by Crippen LogP contribution is 2.25. The maximum absolute atomic E-state index is 12.6. The number of primary amides is 1. The predicted octanol–water partition coefficient (Wildman–Crippen LogP) is 4.43. The van der Waals surface area contributed by atoms with E-state index in [0.29, 0.717) is 22.6 Å². The van der Waals surface area contributed by atoms with Crippen molar-refractivity contribution in [3.05, 3.63) is 83.9 Å². The van der Waals surface area contributed by atoms with Gasteiger partial charge in [-0.2, -0.15) is 0 Å². The first-order chi connectivity index (χ1) is 14.6. The Kier molecular flexibility index (Phi) is 5.66. The van der Waals surface area contributed by atoms with Gasteiger partial charge in [-0.3, -0.25) is 9.59 Å². The monoisotopic (exact) mass is 401 g/mol. The predicted molar refractivity (Wildman–Crippen MR) is 117 cm³/mol. The average molecular weight is 401 g/mol. The molecule has 0 aromatic heterocycles. The minimum atomic E-state index is -0.483. The molecule has 3 aromatic carbocycles. The van der Waals surface area contributed by atoms with Crippen molar-refractivity contribution in [2.24, 2.45) is 5.73 Å². The summed E-state index contributed by atoms with van der Waals surface area (Å²) >= 11 is 0. The Morgan fingerprint density at radius 3 is 2.03 bits per heavy atom. The van der Waals surface area contributed by atoms with E-state index in [-0.39, 0.29) is 5.91 Å². The van der Waals surface area contributed by atoms with Crippen molar-refractivity contribution in [3.63, 3.8) is 0 Å². The molecule has 0 bridgehead atoms. The molecule has 0 radical (unpaired) electrons. The van der Waals surface area contributed by atoms with Crippen LogP contribution in [-0.4, -0.2) is 24.9 Å². The molecule has 3 N–H and O–H groups in total. The molecular weight excluding hydrogens is 378 g/mol. The molecule has 0 atom stereocenters. The summed E-state index contributed by atoms with van der Waals surface area (Å²) in [7, 11) is 0. The summed E-state index contributed by atoms with van der Waals surface area (Å²) in [4.78, 5) is 26.1. The topological polar surface area (TPSA) is 84.7 Å². The Hall–Kier alpha value is -3.80. The number of nitrogens with two attached hydrogens (primary N) is 1. The molecule has 0 aliphatic carbocycles. The lowest BCUT2D eigenvalue weighted by atomic mass is 10.2. The zero-order valence-electron chi connectivity index (χ0n) is 16.5. The maximum Gasteiger partial charge on any atom is 0.255 e. The number of benzene rings is 3. The molecule has 152 valence electrons. The van der Waals surface area contributed by atoms with Crippen LogP contribution < -0.4 is 20.7 Å². The molecule has 1 aliphatic rings. The number of nitrogens with zero attached hydrogens (tertiary/aromatic N) is 1. The quantitative estimate of drug-likeness (QED) is 0.640. The number of amides is 2. The van der Waals surface area contributed by atoms with E-state index in [2.05, 4.69) is 16.3 Å². The summed E-state index contributed by atoms with van der Waals surface area (Å²) in [6.45, 7) is 2.12. The molecule has 1 fully saturated rings. The molecule has 4 rings (SSSR count). The Balaban J connectivity index is 1.39. The Morgan fingerprint density at radius 1 is 0.833 bits per heavy atom. The van der Waals surface area contributed by atoms with Gasteiger partial charge in [-0.1, -0.05) is 6.07 Å². The molecule has 0 spiro atoms. The second-order valence-electron chi connectivity index (χ2n) is 7.21. The number of rotatable bonds is 6. The first-order valence-corrected chi connectivity index (χ1v) is 9.93. The van der Waals surface area contributed by atoms with Crippen molar-refractivity contribution >= 4 is 23.2 Å². The molecule has 3 aromatic rings. The van der Waals surface area contributed by atoms with Crippen molar-refractivity contribution in [1.82, 2.24) is 0 Å². The minimum Gasteiger partial charge on any atom is -0.457 e. The third-order valence-electron chi connectivity index (χ3n) is 5.07. The van der Waals surface area contributed by atoms with Crippen LogP contribution in [0.2, 0.25) is 0 Å². The van der Waals surface area contributed by atoms with Crippen LogP contribution in [0, 0.1) is 0 Å². The second-order valence-corrected chi connectivity index (χ2v) is 7.21. The molecule has 1 saturated heterocycles. The summed E-state index contributed by atoms with van der Waals surface area (Å²) in [5, 5.41) is 2.96. The Morgan fingerprint density at radius 2 is 1.43 bits per heavy atom. The summed E-state index contributed by atoms with van der Waals surface area (Å²) in [5.41, 5.74) is 8.11. The van der Waals surface area contributed by atoms with Crippen LogP contribution in [0.3, 0.4) is 0 Å². The van der Waals surface area contributed by atoms with E-state index in [1.807, 2.05) is 18.2 Å². The van der Waals surface area contributed by atoms with E-state index >= 15 is 0 Å². The van der Waals surface area contributed by atoms with E-state index in [1.165, 1.54) is 12.8 Å². The number of anilines is 2. The van der Waals surface area contributed by atoms with Gasteiger partial charge in [0.1, 0.15) is 11.5 Å². The highest BCUT2D eigenvalue weighted by Gasteiger charge is 2.13. The number of nitrogens with one attached hydrogen (secondary N) is 1. The number of hydrogen-bond donors (Lipinski definition) is 2. The molecule has 0 saturated carbocycles. The number of hydrogen-bond acceptors (Lipinski definition) is 4. The minimum absolute atomic E-state index is 0.175. The fraction of sp³-hybridized carbons (Fsp3) is 0.167. The van der Waals surface area contributed by atoms with E-state index < -0.39 is 5.91 Å². The van der Waals surface area contributed by atoms with E-state index in [1.54, 1.807) is 48.5 Å². The highest BCUT2D eigenvalue weighted by molar-refractivity contribution is 6.04. The Bertz CT molecular complexity index is 1040. The zero-order chi connectivity index (χ0) is 20.9. The fourth-order valence-corrected chi connectivity index (χ4v) is 3.46. The van der Waals surface area contributed by atoms with E-state index in [0.717, 1.165) is 24.5 Å². The van der Waals surface area contributed by atoms with Crippen molar-refractivity contribution in [3.8, 4) is 11.5 Å². The van der Waals surface area contributed by atoms with Crippen LogP contribution in [0.4, 0.5) is 11.4 Å². The van der Waals surface area contributed by atoms with Crippen molar-refractivity contribution in [2.45, 2.75) is 12.8 Å². The zero-order valence-corrected chi connectivity index (χ0v) is 16.5. The normalized spacial score (nSPS) is 13.1. The highest BCUT2D eigenvalue weighted by atomic mass is 16.5. The van der Waals surface area contributed by atoms with Crippen LogP contribution in [0.15, 0.2) is 72.8 Å². The van der Waals surface area contributed by atoms with Gasteiger partial charge in [-0.25, -0.2) is 0 Å². The number of carbonyl (C=O) groups excluding carboxylic acids is 2. The SMILES string of the molecule is NC(=O)c1ccc(Oc2ccc(C(=O)Nc3cccc(N4CCCC4)c3)cc2)cc1. The summed E-state index contributed by atoms with van der Waals surface area (Å²) in [6.07, 6.45) is 2.42.